The summed E-state index contributed by atoms with van der Waals surface area (Å²) >= 11 is 3.42. The van der Waals surface area contributed by atoms with Crippen molar-refractivity contribution in [3.63, 3.8) is 0 Å². The Morgan fingerprint density at radius 2 is 1.23 bits per heavy atom. The van der Waals surface area contributed by atoms with Gasteiger partial charge in [-0.1, -0.05) is 0 Å². The van der Waals surface area contributed by atoms with Crippen LogP contribution in [0.15, 0.2) is 0 Å². The molecule has 0 aromatic heterocycles. The standard InChI is InChI=1S/C4H3ClF6S2/c5-1-2(12-3(6,7)8)13-4(9,10)11/h2H,1H2. The van der Waals surface area contributed by atoms with Gasteiger partial charge in [-0.2, -0.15) is 26.3 Å². The average molecular weight is 265 g/mol. The Balaban J connectivity index is 4.05. The second-order valence-corrected chi connectivity index (χ2v) is 4.85. The minimum Gasteiger partial charge on any atom is -0.160 e. The lowest BCUT2D eigenvalue weighted by molar-refractivity contribution is -0.0343. The molecule has 80 valence electrons. The van der Waals surface area contributed by atoms with Crippen molar-refractivity contribution in [1.82, 2.24) is 0 Å². The smallest absolute Gasteiger partial charge is 0.160 e. The number of hydrogen-bond acceptors (Lipinski definition) is 2. The van der Waals surface area contributed by atoms with Crippen molar-refractivity contribution in [3.05, 3.63) is 0 Å². The molecule has 0 aliphatic carbocycles. The van der Waals surface area contributed by atoms with Gasteiger partial charge in [0.05, 0.1) is 4.58 Å². The highest BCUT2D eigenvalue weighted by Gasteiger charge is 2.39. The molecule has 0 aromatic rings. The van der Waals surface area contributed by atoms with Gasteiger partial charge in [-0.3, -0.25) is 0 Å². The highest BCUT2D eigenvalue weighted by Crippen LogP contribution is 2.45. The zero-order chi connectivity index (χ0) is 10.7. The molecule has 0 N–H and O–H groups in total. The Morgan fingerprint density at radius 3 is 1.38 bits per heavy atom. The van der Waals surface area contributed by atoms with Crippen LogP contribution in [0.3, 0.4) is 0 Å². The molecule has 0 rings (SSSR count). The van der Waals surface area contributed by atoms with Crippen LogP contribution in [0, 0.1) is 0 Å². The Hall–Kier alpha value is 0.570. The third-order valence-corrected chi connectivity index (χ3v) is 3.30. The fourth-order valence-electron chi connectivity index (χ4n) is 0.385. The molecule has 0 unspecified atom stereocenters. The molecule has 0 fully saturated rings. The van der Waals surface area contributed by atoms with Crippen LogP contribution in [0.4, 0.5) is 26.3 Å². The SMILES string of the molecule is FC(F)(F)SC(CCl)SC(F)(F)F. The predicted octanol–water partition coefficient (Wildman–Crippen LogP) is 4.06. The molecule has 0 saturated heterocycles. The highest BCUT2D eigenvalue weighted by atomic mass is 35.5. The van der Waals surface area contributed by atoms with Gasteiger partial charge in [0.25, 0.3) is 0 Å². The summed E-state index contributed by atoms with van der Waals surface area (Å²) in [4.78, 5) is 0. The van der Waals surface area contributed by atoms with Crippen molar-refractivity contribution < 1.29 is 26.3 Å². The normalized spacial score (nSPS) is 13.8. The van der Waals surface area contributed by atoms with Crippen molar-refractivity contribution in [2.75, 3.05) is 5.88 Å². The quantitative estimate of drug-likeness (QED) is 0.428. The summed E-state index contributed by atoms with van der Waals surface area (Å²) in [7, 11) is 0. The van der Waals surface area contributed by atoms with E-state index in [1.807, 2.05) is 0 Å². The maximum Gasteiger partial charge on any atom is 0.442 e. The minimum absolute atomic E-state index is 0.714. The van der Waals surface area contributed by atoms with E-state index in [9.17, 15) is 26.3 Å². The zero-order valence-electron chi connectivity index (χ0n) is 5.75. The van der Waals surface area contributed by atoms with Crippen molar-refractivity contribution in [2.45, 2.75) is 15.6 Å². The van der Waals surface area contributed by atoms with Crippen LogP contribution in [0.2, 0.25) is 0 Å². The molecule has 0 aliphatic heterocycles. The summed E-state index contributed by atoms with van der Waals surface area (Å²) in [6, 6.07) is 0. The maximum atomic E-state index is 11.6. The largest absolute Gasteiger partial charge is 0.442 e. The molecule has 0 aliphatic rings. The van der Waals surface area contributed by atoms with Crippen LogP contribution in [-0.4, -0.2) is 21.5 Å². The first-order chi connectivity index (χ1) is 5.64. The summed E-state index contributed by atoms with van der Waals surface area (Å²) in [6.07, 6.45) is 0. The number of thioether (sulfide) groups is 2. The van der Waals surface area contributed by atoms with Crippen molar-refractivity contribution >= 4 is 35.1 Å². The third kappa shape index (κ3) is 8.89. The average Bonchev–Trinajstić information content (AvgIpc) is 1.79. The van der Waals surface area contributed by atoms with Gasteiger partial charge < -0.3 is 0 Å². The Labute approximate surface area is 83.4 Å². The van der Waals surface area contributed by atoms with E-state index in [0.29, 0.717) is 0 Å². The molecule has 0 saturated carbocycles. The maximum absolute atomic E-state index is 11.6. The first kappa shape index (κ1) is 13.6. The van der Waals surface area contributed by atoms with E-state index in [-0.39, 0.29) is 0 Å². The molecular formula is C4H3ClF6S2. The Kier molecular flexibility index (Phi) is 5.09. The van der Waals surface area contributed by atoms with Crippen molar-refractivity contribution in [2.24, 2.45) is 0 Å². The van der Waals surface area contributed by atoms with Gasteiger partial charge in [0, 0.05) is 5.88 Å². The molecule has 0 radical (unpaired) electrons. The topological polar surface area (TPSA) is 0 Å². The van der Waals surface area contributed by atoms with Crippen LogP contribution in [0.5, 0.6) is 0 Å². The summed E-state index contributed by atoms with van der Waals surface area (Å²) in [5, 5.41) is 0. The molecule has 0 amide bonds. The summed E-state index contributed by atoms with van der Waals surface area (Å²) in [5.74, 6) is -0.714. The van der Waals surface area contributed by atoms with Gasteiger partial charge >= 0.3 is 11.0 Å². The van der Waals surface area contributed by atoms with E-state index in [1.54, 1.807) is 0 Å². The Bertz CT molecular complexity index is 138. The van der Waals surface area contributed by atoms with E-state index in [2.05, 4.69) is 0 Å². The van der Waals surface area contributed by atoms with Gasteiger partial charge in [0.15, 0.2) is 0 Å². The van der Waals surface area contributed by atoms with E-state index in [1.165, 1.54) is 0 Å². The number of hydrogen-bond donors (Lipinski definition) is 0. The zero-order valence-corrected chi connectivity index (χ0v) is 8.14. The third-order valence-electron chi connectivity index (χ3n) is 0.656. The van der Waals surface area contributed by atoms with Gasteiger partial charge in [0.1, 0.15) is 0 Å². The molecule has 0 bridgehead atoms. The molecule has 0 aromatic carbocycles. The molecule has 0 heterocycles. The molecule has 9 heteroatoms. The van der Waals surface area contributed by atoms with Crippen LogP contribution in [0.25, 0.3) is 0 Å². The fraction of sp³-hybridized carbons (Fsp3) is 1.00. The van der Waals surface area contributed by atoms with E-state index >= 15 is 0 Å². The van der Waals surface area contributed by atoms with E-state index in [0.717, 1.165) is 0 Å². The van der Waals surface area contributed by atoms with Gasteiger partial charge in [-0.05, 0) is 23.5 Å². The Morgan fingerprint density at radius 1 is 0.923 bits per heavy atom. The number of rotatable bonds is 3. The minimum atomic E-state index is -4.70. The van der Waals surface area contributed by atoms with Crippen LogP contribution in [-0.2, 0) is 0 Å². The van der Waals surface area contributed by atoms with E-state index < -0.39 is 45.0 Å². The first-order valence-corrected chi connectivity index (χ1v) is 4.98. The molecule has 13 heavy (non-hydrogen) atoms. The second kappa shape index (κ2) is 4.88. The lowest BCUT2D eigenvalue weighted by Crippen LogP contribution is -2.15. The van der Waals surface area contributed by atoms with Crippen molar-refractivity contribution in [1.29, 1.82) is 0 Å². The van der Waals surface area contributed by atoms with Crippen LogP contribution in [0.1, 0.15) is 0 Å². The van der Waals surface area contributed by atoms with Crippen LogP contribution >= 0.6 is 35.1 Å². The first-order valence-electron chi connectivity index (χ1n) is 2.69. The predicted molar refractivity (Wildman–Crippen MR) is 41.8 cm³/mol. The lowest BCUT2D eigenvalue weighted by atomic mass is 10.9. The summed E-state index contributed by atoms with van der Waals surface area (Å²) < 4.78 is 67.8. The number of halogens is 7. The molecular weight excluding hydrogens is 262 g/mol. The van der Waals surface area contributed by atoms with Gasteiger partial charge in [-0.25, -0.2) is 0 Å². The molecule has 0 nitrogen and oxygen atoms in total. The molecule has 0 spiro atoms. The van der Waals surface area contributed by atoms with Gasteiger partial charge in [-0.15, -0.1) is 11.6 Å². The summed E-state index contributed by atoms with van der Waals surface area (Å²) in [6.45, 7) is 0. The fourth-order valence-corrected chi connectivity index (χ4v) is 2.33. The highest BCUT2D eigenvalue weighted by molar-refractivity contribution is 8.17. The molecule has 0 atom stereocenters. The van der Waals surface area contributed by atoms with Crippen LogP contribution < -0.4 is 0 Å². The second-order valence-electron chi connectivity index (χ2n) is 1.71. The lowest BCUT2D eigenvalue weighted by Gasteiger charge is -2.16. The van der Waals surface area contributed by atoms with Gasteiger partial charge in [0.2, 0.25) is 0 Å². The monoisotopic (exact) mass is 264 g/mol. The summed E-state index contributed by atoms with van der Waals surface area (Å²) in [5.41, 5.74) is -9.39. The van der Waals surface area contributed by atoms with E-state index in [4.69, 9.17) is 11.6 Å². The van der Waals surface area contributed by atoms with Crippen molar-refractivity contribution in [3.8, 4) is 0 Å². The number of alkyl halides is 7.